The lowest BCUT2D eigenvalue weighted by Gasteiger charge is -1.94. The number of aromatic nitrogens is 2. The minimum absolute atomic E-state index is 0.511. The lowest BCUT2D eigenvalue weighted by molar-refractivity contribution is 0.418. The van der Waals surface area contributed by atoms with Gasteiger partial charge in [0.1, 0.15) is 6.26 Å². The first-order valence-corrected chi connectivity index (χ1v) is 5.00. The maximum absolute atomic E-state index is 5.10. The first-order chi connectivity index (χ1) is 7.42. The maximum atomic E-state index is 5.10. The Morgan fingerprint density at radius 1 is 1.47 bits per heavy atom. The van der Waals surface area contributed by atoms with Gasteiger partial charge in [0.15, 0.2) is 5.82 Å². The molecule has 0 bridgehead atoms. The summed E-state index contributed by atoms with van der Waals surface area (Å²) in [5, 5.41) is 7.20. The van der Waals surface area contributed by atoms with Gasteiger partial charge in [-0.3, -0.25) is 0 Å². The third-order valence-electron chi connectivity index (χ3n) is 2.36. The fourth-order valence-corrected chi connectivity index (χ4v) is 1.35. The molecule has 0 saturated heterocycles. The van der Waals surface area contributed by atoms with Crippen LogP contribution < -0.4 is 5.32 Å². The normalized spacial score (nSPS) is 15.7. The largest absolute Gasteiger partial charge is 0.472 e. The van der Waals surface area contributed by atoms with Crippen LogP contribution in [0.5, 0.6) is 0 Å². The zero-order valence-corrected chi connectivity index (χ0v) is 8.14. The van der Waals surface area contributed by atoms with Gasteiger partial charge in [-0.2, -0.15) is 4.98 Å². The minimum Gasteiger partial charge on any atom is -0.472 e. The van der Waals surface area contributed by atoms with Crippen molar-refractivity contribution in [2.24, 2.45) is 0 Å². The molecule has 2 aromatic rings. The van der Waals surface area contributed by atoms with Crippen molar-refractivity contribution in [2.45, 2.75) is 25.4 Å². The van der Waals surface area contributed by atoms with Gasteiger partial charge in [0, 0.05) is 6.04 Å². The van der Waals surface area contributed by atoms with Crippen molar-refractivity contribution in [3.05, 3.63) is 24.4 Å². The van der Waals surface area contributed by atoms with Crippen LogP contribution in [0.1, 0.15) is 18.7 Å². The molecule has 15 heavy (non-hydrogen) atoms. The molecule has 1 N–H and O–H groups in total. The quantitative estimate of drug-likeness (QED) is 0.820. The van der Waals surface area contributed by atoms with E-state index in [1.165, 1.54) is 12.8 Å². The van der Waals surface area contributed by atoms with E-state index < -0.39 is 0 Å². The molecular weight excluding hydrogens is 194 g/mol. The lowest BCUT2D eigenvalue weighted by Crippen LogP contribution is -2.16. The minimum atomic E-state index is 0.511. The zero-order valence-electron chi connectivity index (χ0n) is 8.14. The van der Waals surface area contributed by atoms with E-state index >= 15 is 0 Å². The van der Waals surface area contributed by atoms with Gasteiger partial charge in [-0.1, -0.05) is 5.16 Å². The molecule has 5 heteroatoms. The SMILES string of the molecule is c1cc(-c2nc(CNC3CC3)no2)co1. The van der Waals surface area contributed by atoms with E-state index in [4.69, 9.17) is 8.94 Å². The van der Waals surface area contributed by atoms with E-state index in [1.807, 2.05) is 0 Å². The van der Waals surface area contributed by atoms with Crippen LogP contribution in [0.25, 0.3) is 11.5 Å². The molecule has 1 aliphatic rings. The third kappa shape index (κ3) is 1.92. The van der Waals surface area contributed by atoms with Gasteiger partial charge in [-0.05, 0) is 18.9 Å². The molecule has 1 fully saturated rings. The van der Waals surface area contributed by atoms with Crippen LogP contribution in [0.15, 0.2) is 27.5 Å². The highest BCUT2D eigenvalue weighted by atomic mass is 16.5. The van der Waals surface area contributed by atoms with Gasteiger partial charge >= 0.3 is 0 Å². The Bertz CT molecular complexity index is 431. The lowest BCUT2D eigenvalue weighted by atomic mass is 10.3. The summed E-state index contributed by atoms with van der Waals surface area (Å²) in [6, 6.07) is 2.45. The number of furan rings is 1. The number of rotatable bonds is 4. The summed E-state index contributed by atoms with van der Waals surface area (Å²) in [6.45, 7) is 0.673. The first kappa shape index (κ1) is 8.67. The Morgan fingerprint density at radius 3 is 3.13 bits per heavy atom. The van der Waals surface area contributed by atoms with Crippen molar-refractivity contribution in [1.82, 2.24) is 15.5 Å². The molecule has 0 aromatic carbocycles. The van der Waals surface area contributed by atoms with Crippen molar-refractivity contribution in [3.63, 3.8) is 0 Å². The molecule has 1 aliphatic carbocycles. The summed E-state index contributed by atoms with van der Waals surface area (Å²) in [5.74, 6) is 1.20. The van der Waals surface area contributed by atoms with Crippen molar-refractivity contribution in [2.75, 3.05) is 0 Å². The highest BCUT2D eigenvalue weighted by Crippen LogP contribution is 2.20. The molecule has 0 aliphatic heterocycles. The second-order valence-electron chi connectivity index (χ2n) is 3.68. The summed E-state index contributed by atoms with van der Waals surface area (Å²) >= 11 is 0. The predicted molar refractivity (Wildman–Crippen MR) is 51.9 cm³/mol. The summed E-state index contributed by atoms with van der Waals surface area (Å²) < 4.78 is 10.0. The summed E-state index contributed by atoms with van der Waals surface area (Å²) in [5.41, 5.74) is 0.820. The fourth-order valence-electron chi connectivity index (χ4n) is 1.35. The predicted octanol–water partition coefficient (Wildman–Crippen LogP) is 1.58. The van der Waals surface area contributed by atoms with E-state index in [-0.39, 0.29) is 0 Å². The molecule has 5 nitrogen and oxygen atoms in total. The van der Waals surface area contributed by atoms with Crippen molar-refractivity contribution in [3.8, 4) is 11.5 Å². The summed E-state index contributed by atoms with van der Waals surface area (Å²) in [7, 11) is 0. The van der Waals surface area contributed by atoms with E-state index in [2.05, 4.69) is 15.5 Å². The zero-order chi connectivity index (χ0) is 10.1. The molecule has 0 amide bonds. The van der Waals surface area contributed by atoms with Crippen LogP contribution in [-0.4, -0.2) is 16.2 Å². The van der Waals surface area contributed by atoms with Gasteiger partial charge < -0.3 is 14.3 Å². The van der Waals surface area contributed by atoms with E-state index in [0.717, 1.165) is 5.56 Å². The van der Waals surface area contributed by atoms with E-state index in [1.54, 1.807) is 18.6 Å². The summed E-state index contributed by atoms with van der Waals surface area (Å²) in [4.78, 5) is 4.25. The Labute approximate surface area is 86.5 Å². The topological polar surface area (TPSA) is 64.1 Å². The average molecular weight is 205 g/mol. The van der Waals surface area contributed by atoms with Crippen LogP contribution in [0.2, 0.25) is 0 Å². The molecule has 1 saturated carbocycles. The fraction of sp³-hybridized carbons (Fsp3) is 0.400. The molecule has 0 spiro atoms. The average Bonchev–Trinajstić information content (AvgIpc) is 2.78. The molecule has 3 rings (SSSR count). The molecule has 0 atom stereocenters. The van der Waals surface area contributed by atoms with Gasteiger partial charge in [0.2, 0.25) is 0 Å². The number of hydrogen-bond acceptors (Lipinski definition) is 5. The molecule has 78 valence electrons. The van der Waals surface area contributed by atoms with Crippen LogP contribution in [0.3, 0.4) is 0 Å². The Kier molecular flexibility index (Phi) is 2.03. The highest BCUT2D eigenvalue weighted by molar-refractivity contribution is 5.49. The highest BCUT2D eigenvalue weighted by Gasteiger charge is 2.21. The van der Waals surface area contributed by atoms with Crippen molar-refractivity contribution in [1.29, 1.82) is 0 Å². The molecular formula is C10H11N3O2. The van der Waals surface area contributed by atoms with Gasteiger partial charge in [-0.15, -0.1) is 0 Å². The Hall–Kier alpha value is -1.62. The van der Waals surface area contributed by atoms with E-state index in [0.29, 0.717) is 24.3 Å². The second-order valence-corrected chi connectivity index (χ2v) is 3.68. The number of hydrogen-bond donors (Lipinski definition) is 1. The maximum Gasteiger partial charge on any atom is 0.261 e. The van der Waals surface area contributed by atoms with Gasteiger partial charge in [0.05, 0.1) is 18.4 Å². The monoisotopic (exact) mass is 205 g/mol. The number of nitrogens with one attached hydrogen (secondary N) is 1. The van der Waals surface area contributed by atoms with Gasteiger partial charge in [0.25, 0.3) is 5.89 Å². The molecule has 2 aromatic heterocycles. The number of nitrogens with zero attached hydrogens (tertiary/aromatic N) is 2. The molecule has 2 heterocycles. The van der Waals surface area contributed by atoms with Crippen molar-refractivity contribution < 1.29 is 8.94 Å². The second kappa shape index (κ2) is 3.51. The van der Waals surface area contributed by atoms with Crippen LogP contribution in [0.4, 0.5) is 0 Å². The Balaban J connectivity index is 1.69. The Morgan fingerprint density at radius 2 is 2.40 bits per heavy atom. The first-order valence-electron chi connectivity index (χ1n) is 5.00. The van der Waals surface area contributed by atoms with Crippen LogP contribution in [0, 0.1) is 0 Å². The van der Waals surface area contributed by atoms with Crippen LogP contribution in [-0.2, 0) is 6.54 Å². The summed E-state index contributed by atoms with van der Waals surface area (Å²) in [6.07, 6.45) is 5.69. The smallest absolute Gasteiger partial charge is 0.261 e. The molecule has 0 unspecified atom stereocenters. The van der Waals surface area contributed by atoms with Crippen LogP contribution >= 0.6 is 0 Å². The van der Waals surface area contributed by atoms with Gasteiger partial charge in [-0.25, -0.2) is 0 Å². The third-order valence-corrected chi connectivity index (χ3v) is 2.36. The van der Waals surface area contributed by atoms with Crippen molar-refractivity contribution >= 4 is 0 Å². The standard InChI is InChI=1S/C10H11N3O2/c1-2-8(1)11-5-9-12-10(15-13-9)7-3-4-14-6-7/h3-4,6,8,11H,1-2,5H2. The van der Waals surface area contributed by atoms with E-state index in [9.17, 15) is 0 Å². The molecule has 0 radical (unpaired) electrons.